The lowest BCUT2D eigenvalue weighted by Gasteiger charge is -2.26. The second kappa shape index (κ2) is 5.15. The molecule has 1 heterocycles. The molecule has 1 aliphatic rings. The molecule has 0 radical (unpaired) electrons. The Balaban J connectivity index is 2.54. The van der Waals surface area contributed by atoms with Crippen LogP contribution in [0.1, 0.15) is 27.2 Å². The Labute approximate surface area is 86.2 Å². The van der Waals surface area contributed by atoms with Gasteiger partial charge in [-0.1, -0.05) is 32.4 Å². The molecule has 0 aromatic rings. The van der Waals surface area contributed by atoms with Crippen LogP contribution in [0, 0.1) is 0 Å². The summed E-state index contributed by atoms with van der Waals surface area (Å²) in [7, 11) is 0. The van der Waals surface area contributed by atoms with E-state index in [-0.39, 0.29) is 5.62 Å². The van der Waals surface area contributed by atoms with Crippen LogP contribution < -0.4 is 0 Å². The van der Waals surface area contributed by atoms with Crippen molar-refractivity contribution in [3.05, 3.63) is 0 Å². The Hall–Kier alpha value is 0.170. The average Bonchev–Trinajstić information content (AvgIpc) is 2.44. The van der Waals surface area contributed by atoms with Crippen molar-refractivity contribution in [1.29, 1.82) is 0 Å². The third-order valence-electron chi connectivity index (χ3n) is 2.46. The fraction of sp³-hybridized carbons (Fsp3) is 1.00. The molecule has 1 rings (SSSR count). The second-order valence-electron chi connectivity index (χ2n) is 3.34. The molecule has 13 heavy (non-hydrogen) atoms. The van der Waals surface area contributed by atoms with Gasteiger partial charge < -0.3 is 0 Å². The van der Waals surface area contributed by atoms with Gasteiger partial charge in [0.15, 0.2) is 5.62 Å². The Morgan fingerprint density at radius 1 is 1.23 bits per heavy atom. The molecule has 0 aromatic carbocycles. The van der Waals surface area contributed by atoms with Crippen LogP contribution in [0.4, 0.5) is 0 Å². The first-order valence-corrected chi connectivity index (χ1v) is 5.57. The van der Waals surface area contributed by atoms with Gasteiger partial charge in [-0.25, -0.2) is 10.0 Å². The Morgan fingerprint density at radius 2 is 1.92 bits per heavy atom. The van der Waals surface area contributed by atoms with Gasteiger partial charge in [0.25, 0.3) is 0 Å². The molecule has 1 aliphatic heterocycles. The van der Waals surface area contributed by atoms with Gasteiger partial charge in [0, 0.05) is 19.6 Å². The smallest absolute Gasteiger partial charge is 0.154 e. The number of alkyl halides is 1. The molecule has 0 saturated carbocycles. The molecule has 1 saturated heterocycles. The highest BCUT2D eigenvalue weighted by atomic mass is 35.5. The molecule has 3 nitrogen and oxygen atoms in total. The maximum absolute atomic E-state index is 6.31. The SMILES string of the molecule is CCCN1CN(CC)N(CC)C1Cl. The number of halogens is 1. The molecule has 0 amide bonds. The number of hydrazine groups is 1. The normalized spacial score (nSPS) is 27.2. The third-order valence-corrected chi connectivity index (χ3v) is 2.96. The van der Waals surface area contributed by atoms with E-state index < -0.39 is 0 Å². The minimum Gasteiger partial charge on any atom is -0.260 e. The number of hydrogen-bond acceptors (Lipinski definition) is 3. The van der Waals surface area contributed by atoms with Gasteiger partial charge in [0.1, 0.15) is 0 Å². The van der Waals surface area contributed by atoms with Crippen molar-refractivity contribution in [2.75, 3.05) is 26.3 Å². The molecule has 0 aromatic heterocycles. The van der Waals surface area contributed by atoms with Crippen molar-refractivity contribution in [1.82, 2.24) is 14.9 Å². The van der Waals surface area contributed by atoms with E-state index >= 15 is 0 Å². The lowest BCUT2D eigenvalue weighted by atomic mass is 10.4. The summed E-state index contributed by atoms with van der Waals surface area (Å²) in [5.74, 6) is 0. The predicted molar refractivity (Wildman–Crippen MR) is 56.3 cm³/mol. The highest BCUT2D eigenvalue weighted by molar-refractivity contribution is 6.20. The minimum absolute atomic E-state index is 0.0601. The van der Waals surface area contributed by atoms with Crippen LogP contribution in [0.3, 0.4) is 0 Å². The Bertz CT molecular complexity index is 154. The number of hydrogen-bond donors (Lipinski definition) is 0. The quantitative estimate of drug-likeness (QED) is 0.512. The highest BCUT2D eigenvalue weighted by Crippen LogP contribution is 2.21. The average molecular weight is 206 g/mol. The maximum Gasteiger partial charge on any atom is 0.154 e. The van der Waals surface area contributed by atoms with Gasteiger partial charge in [0.05, 0.1) is 6.67 Å². The number of nitrogens with zero attached hydrogens (tertiary/aromatic N) is 3. The van der Waals surface area contributed by atoms with Gasteiger partial charge in [-0.15, -0.1) is 0 Å². The van der Waals surface area contributed by atoms with E-state index in [1.54, 1.807) is 0 Å². The van der Waals surface area contributed by atoms with Crippen LogP contribution in [0.5, 0.6) is 0 Å². The van der Waals surface area contributed by atoms with Crippen LogP contribution in [0.2, 0.25) is 0 Å². The van der Waals surface area contributed by atoms with Crippen molar-refractivity contribution in [3.63, 3.8) is 0 Å². The number of rotatable bonds is 4. The fourth-order valence-corrected chi connectivity index (χ4v) is 2.20. The summed E-state index contributed by atoms with van der Waals surface area (Å²) >= 11 is 6.31. The van der Waals surface area contributed by atoms with Gasteiger partial charge >= 0.3 is 0 Å². The van der Waals surface area contributed by atoms with E-state index in [4.69, 9.17) is 11.6 Å². The summed E-state index contributed by atoms with van der Waals surface area (Å²) in [5, 5.41) is 4.52. The summed E-state index contributed by atoms with van der Waals surface area (Å²) < 4.78 is 0. The first-order valence-electron chi connectivity index (χ1n) is 5.14. The molecule has 4 heteroatoms. The summed E-state index contributed by atoms with van der Waals surface area (Å²) in [6.07, 6.45) is 1.17. The van der Waals surface area contributed by atoms with Crippen molar-refractivity contribution < 1.29 is 0 Å². The summed E-state index contributed by atoms with van der Waals surface area (Å²) in [4.78, 5) is 2.30. The van der Waals surface area contributed by atoms with Crippen LogP contribution >= 0.6 is 11.6 Å². The first-order chi connectivity index (χ1) is 6.24. The van der Waals surface area contributed by atoms with Crippen LogP contribution in [-0.2, 0) is 0 Å². The van der Waals surface area contributed by atoms with Crippen molar-refractivity contribution >= 4 is 11.6 Å². The molecule has 0 spiro atoms. The molecular formula is C9H20ClN3. The minimum atomic E-state index is 0.0601. The van der Waals surface area contributed by atoms with E-state index in [1.165, 1.54) is 6.42 Å². The largest absolute Gasteiger partial charge is 0.260 e. The summed E-state index contributed by atoms with van der Waals surface area (Å²) in [6.45, 7) is 10.6. The van der Waals surface area contributed by atoms with E-state index in [1.807, 2.05) is 0 Å². The summed E-state index contributed by atoms with van der Waals surface area (Å²) in [6, 6.07) is 0. The van der Waals surface area contributed by atoms with Gasteiger partial charge in [-0.05, 0) is 6.42 Å². The zero-order chi connectivity index (χ0) is 9.84. The summed E-state index contributed by atoms with van der Waals surface area (Å²) in [5.41, 5.74) is 0.0601. The van der Waals surface area contributed by atoms with E-state index in [0.29, 0.717) is 0 Å². The lowest BCUT2D eigenvalue weighted by Crippen LogP contribution is -2.39. The molecule has 0 bridgehead atoms. The maximum atomic E-state index is 6.31. The van der Waals surface area contributed by atoms with Crippen molar-refractivity contribution in [2.24, 2.45) is 0 Å². The molecule has 0 N–H and O–H groups in total. The van der Waals surface area contributed by atoms with E-state index in [9.17, 15) is 0 Å². The fourth-order valence-electron chi connectivity index (χ4n) is 1.78. The van der Waals surface area contributed by atoms with Crippen molar-refractivity contribution in [3.8, 4) is 0 Å². The Morgan fingerprint density at radius 3 is 2.31 bits per heavy atom. The molecule has 1 fully saturated rings. The Kier molecular flexibility index (Phi) is 4.46. The molecule has 1 atom stereocenters. The molecule has 78 valence electrons. The third kappa shape index (κ3) is 2.34. The van der Waals surface area contributed by atoms with E-state index in [2.05, 4.69) is 35.7 Å². The monoisotopic (exact) mass is 205 g/mol. The predicted octanol–water partition coefficient (Wildman–Crippen LogP) is 1.75. The highest BCUT2D eigenvalue weighted by Gasteiger charge is 2.33. The van der Waals surface area contributed by atoms with Gasteiger partial charge in [-0.3, -0.25) is 4.90 Å². The second-order valence-corrected chi connectivity index (χ2v) is 3.73. The molecule has 1 unspecified atom stereocenters. The van der Waals surface area contributed by atoms with Crippen molar-refractivity contribution in [2.45, 2.75) is 32.8 Å². The topological polar surface area (TPSA) is 9.72 Å². The van der Waals surface area contributed by atoms with Crippen LogP contribution in [0.25, 0.3) is 0 Å². The van der Waals surface area contributed by atoms with Gasteiger partial charge in [0.2, 0.25) is 0 Å². The zero-order valence-electron chi connectivity index (χ0n) is 8.83. The zero-order valence-corrected chi connectivity index (χ0v) is 9.59. The first kappa shape index (κ1) is 11.2. The van der Waals surface area contributed by atoms with Gasteiger partial charge in [-0.2, -0.15) is 0 Å². The van der Waals surface area contributed by atoms with E-state index in [0.717, 1.165) is 26.3 Å². The van der Waals surface area contributed by atoms with Crippen LogP contribution in [0.15, 0.2) is 0 Å². The lowest BCUT2D eigenvalue weighted by molar-refractivity contribution is 0.0275. The molecular weight excluding hydrogens is 186 g/mol. The molecule has 0 aliphatic carbocycles. The standard InChI is InChI=1S/C9H20ClN3/c1-4-7-11-8-12(5-2)13(6-3)9(11)10/h9H,4-8H2,1-3H3. The van der Waals surface area contributed by atoms with Crippen LogP contribution in [-0.4, -0.2) is 46.8 Å².